The van der Waals surface area contributed by atoms with Crippen molar-refractivity contribution in [2.75, 3.05) is 6.54 Å². The average Bonchev–Trinajstić information content (AvgIpc) is 2.94. The minimum absolute atomic E-state index is 0.285. The van der Waals surface area contributed by atoms with Crippen LogP contribution in [0.2, 0.25) is 0 Å². The molecule has 2 fully saturated rings. The first-order valence-corrected chi connectivity index (χ1v) is 8.60. The van der Waals surface area contributed by atoms with Gasteiger partial charge in [-0.15, -0.1) is 0 Å². The third-order valence-corrected chi connectivity index (χ3v) is 6.32. The Hall–Kier alpha value is -1.79. The maximum absolute atomic E-state index is 9.44. The molecular formula is C19H21N3. The van der Waals surface area contributed by atoms with E-state index in [0.29, 0.717) is 18.0 Å². The summed E-state index contributed by atoms with van der Waals surface area (Å²) in [5, 5.41) is 10.8. The van der Waals surface area contributed by atoms with Gasteiger partial charge in [-0.05, 0) is 49.7 Å². The van der Waals surface area contributed by atoms with E-state index in [1.807, 2.05) is 0 Å². The van der Waals surface area contributed by atoms with Crippen molar-refractivity contribution in [3.63, 3.8) is 0 Å². The first-order chi connectivity index (χ1) is 10.8. The minimum atomic E-state index is 0.285. The van der Waals surface area contributed by atoms with Crippen molar-refractivity contribution in [1.29, 1.82) is 5.26 Å². The van der Waals surface area contributed by atoms with Crippen LogP contribution in [0.3, 0.4) is 0 Å². The third-order valence-electron chi connectivity index (χ3n) is 6.32. The van der Waals surface area contributed by atoms with Gasteiger partial charge in [-0.3, -0.25) is 4.90 Å². The SMILES string of the molecule is N#C[C@@H]1CC[C@H]2C[C@@H]1CC1c3[nH]c4ccccc4c3CCN12. The third kappa shape index (κ3) is 1.65. The second kappa shape index (κ2) is 4.60. The number of piperidine rings is 1. The number of benzene rings is 1. The van der Waals surface area contributed by atoms with E-state index >= 15 is 0 Å². The maximum atomic E-state index is 9.44. The molecule has 22 heavy (non-hydrogen) atoms. The molecule has 112 valence electrons. The summed E-state index contributed by atoms with van der Waals surface area (Å²) < 4.78 is 0. The van der Waals surface area contributed by atoms with Crippen LogP contribution in [0, 0.1) is 23.2 Å². The van der Waals surface area contributed by atoms with E-state index in [1.54, 1.807) is 0 Å². The Labute approximate surface area is 130 Å². The van der Waals surface area contributed by atoms with Gasteiger partial charge in [0.25, 0.3) is 0 Å². The first kappa shape index (κ1) is 12.7. The van der Waals surface area contributed by atoms with Crippen molar-refractivity contribution < 1.29 is 0 Å². The van der Waals surface area contributed by atoms with Crippen LogP contribution in [0.5, 0.6) is 0 Å². The van der Waals surface area contributed by atoms with Crippen LogP contribution in [0.25, 0.3) is 10.9 Å². The maximum Gasteiger partial charge on any atom is 0.0658 e. The lowest BCUT2D eigenvalue weighted by molar-refractivity contribution is -0.00107. The minimum Gasteiger partial charge on any atom is -0.357 e. The molecule has 1 saturated heterocycles. The van der Waals surface area contributed by atoms with Crippen molar-refractivity contribution in [1.82, 2.24) is 9.88 Å². The van der Waals surface area contributed by atoms with Gasteiger partial charge in [0.05, 0.1) is 12.1 Å². The van der Waals surface area contributed by atoms with Gasteiger partial charge in [0.1, 0.15) is 0 Å². The summed E-state index contributed by atoms with van der Waals surface area (Å²) in [4.78, 5) is 6.45. The predicted octanol–water partition coefficient (Wildman–Crippen LogP) is 3.78. The molecule has 2 bridgehead atoms. The number of H-pyrrole nitrogens is 1. The Kier molecular flexibility index (Phi) is 2.66. The molecule has 2 aliphatic heterocycles. The number of nitrogens with zero attached hydrogens (tertiary/aromatic N) is 2. The Morgan fingerprint density at radius 1 is 1.18 bits per heavy atom. The zero-order valence-electron chi connectivity index (χ0n) is 12.8. The Morgan fingerprint density at radius 3 is 3.00 bits per heavy atom. The highest BCUT2D eigenvalue weighted by atomic mass is 15.2. The lowest BCUT2D eigenvalue weighted by Gasteiger charge is -2.51. The zero-order valence-corrected chi connectivity index (χ0v) is 12.8. The molecule has 1 aliphatic carbocycles. The van der Waals surface area contributed by atoms with Gasteiger partial charge in [-0.2, -0.15) is 5.26 Å². The standard InChI is InChI=1S/C19H21N3/c20-11-12-5-6-14-9-13(12)10-18-19-16(7-8-22(14)18)15-3-1-2-4-17(15)21-19/h1-4,12-14,18,21H,5-10H2/t12-,13+,14-,18?/m0/s1. The molecule has 3 nitrogen and oxygen atoms in total. The molecule has 1 aromatic carbocycles. The van der Waals surface area contributed by atoms with Gasteiger partial charge in [-0.1, -0.05) is 18.2 Å². The van der Waals surface area contributed by atoms with E-state index in [1.165, 1.54) is 48.0 Å². The number of nitriles is 1. The molecule has 0 amide bonds. The molecular weight excluding hydrogens is 270 g/mol. The Morgan fingerprint density at radius 2 is 2.09 bits per heavy atom. The Bertz CT molecular complexity index is 769. The van der Waals surface area contributed by atoms with Gasteiger partial charge in [0.15, 0.2) is 0 Å². The number of para-hydroxylation sites is 1. The van der Waals surface area contributed by atoms with Crippen molar-refractivity contribution in [3.8, 4) is 6.07 Å². The second-order valence-electron chi connectivity index (χ2n) is 7.26. The normalized spacial score (nSPS) is 34.0. The first-order valence-electron chi connectivity index (χ1n) is 8.60. The predicted molar refractivity (Wildman–Crippen MR) is 86.3 cm³/mol. The summed E-state index contributed by atoms with van der Waals surface area (Å²) in [6.07, 6.45) is 5.88. The van der Waals surface area contributed by atoms with E-state index in [9.17, 15) is 5.26 Å². The number of aromatic amines is 1. The highest BCUT2D eigenvalue weighted by Crippen LogP contribution is 2.49. The molecule has 1 unspecified atom stereocenters. The number of aromatic nitrogens is 1. The number of nitrogens with one attached hydrogen (secondary N) is 1. The molecule has 1 N–H and O–H groups in total. The molecule has 1 saturated carbocycles. The highest BCUT2D eigenvalue weighted by Gasteiger charge is 2.45. The van der Waals surface area contributed by atoms with Crippen molar-refractivity contribution >= 4 is 10.9 Å². The number of hydrogen-bond donors (Lipinski definition) is 1. The fourth-order valence-electron chi connectivity index (χ4n) is 5.29. The van der Waals surface area contributed by atoms with Crippen molar-refractivity contribution in [3.05, 3.63) is 35.5 Å². The van der Waals surface area contributed by atoms with Crippen molar-refractivity contribution in [2.24, 2.45) is 11.8 Å². The molecule has 3 heterocycles. The highest BCUT2D eigenvalue weighted by molar-refractivity contribution is 5.85. The summed E-state index contributed by atoms with van der Waals surface area (Å²) in [5.74, 6) is 0.885. The van der Waals surface area contributed by atoms with Crippen LogP contribution in [-0.4, -0.2) is 22.5 Å². The van der Waals surface area contributed by atoms with E-state index in [2.05, 4.69) is 40.2 Å². The molecule has 1 aromatic heterocycles. The molecule has 0 spiro atoms. The van der Waals surface area contributed by atoms with E-state index in [0.717, 1.165) is 12.8 Å². The number of rotatable bonds is 0. The van der Waals surface area contributed by atoms with Gasteiger partial charge >= 0.3 is 0 Å². The van der Waals surface area contributed by atoms with Gasteiger partial charge in [-0.25, -0.2) is 0 Å². The smallest absolute Gasteiger partial charge is 0.0658 e. The second-order valence-corrected chi connectivity index (χ2v) is 7.26. The average molecular weight is 291 g/mol. The molecule has 5 rings (SSSR count). The molecule has 4 atom stereocenters. The summed E-state index contributed by atoms with van der Waals surface area (Å²) in [6.45, 7) is 1.19. The lowest BCUT2D eigenvalue weighted by Crippen LogP contribution is -2.51. The van der Waals surface area contributed by atoms with Crippen molar-refractivity contribution in [2.45, 2.75) is 44.2 Å². The lowest BCUT2D eigenvalue weighted by atomic mass is 9.69. The van der Waals surface area contributed by atoms with Crippen LogP contribution in [-0.2, 0) is 6.42 Å². The van der Waals surface area contributed by atoms with E-state index < -0.39 is 0 Å². The monoisotopic (exact) mass is 291 g/mol. The molecule has 3 aliphatic rings. The van der Waals surface area contributed by atoms with Gasteiger partial charge < -0.3 is 4.98 Å². The fourth-order valence-corrected chi connectivity index (χ4v) is 5.29. The molecule has 2 aromatic rings. The summed E-state index contributed by atoms with van der Waals surface area (Å²) >= 11 is 0. The van der Waals surface area contributed by atoms with Gasteiger partial charge in [0.2, 0.25) is 0 Å². The van der Waals surface area contributed by atoms with Crippen LogP contribution in [0.4, 0.5) is 0 Å². The Balaban J connectivity index is 1.60. The van der Waals surface area contributed by atoms with E-state index in [-0.39, 0.29) is 5.92 Å². The summed E-state index contributed by atoms with van der Waals surface area (Å²) in [5.41, 5.74) is 4.26. The topological polar surface area (TPSA) is 42.8 Å². The quantitative estimate of drug-likeness (QED) is 0.802. The summed E-state index contributed by atoms with van der Waals surface area (Å²) in [7, 11) is 0. The van der Waals surface area contributed by atoms with Crippen LogP contribution < -0.4 is 0 Å². The number of fused-ring (bicyclic) bond motifs is 8. The molecule has 0 radical (unpaired) electrons. The number of hydrogen-bond acceptors (Lipinski definition) is 2. The summed E-state index contributed by atoms with van der Waals surface area (Å²) in [6, 6.07) is 12.5. The van der Waals surface area contributed by atoms with Gasteiger partial charge in [0, 0.05) is 35.1 Å². The zero-order chi connectivity index (χ0) is 14.7. The van der Waals surface area contributed by atoms with Crippen LogP contribution in [0.15, 0.2) is 24.3 Å². The van der Waals surface area contributed by atoms with Crippen LogP contribution in [0.1, 0.15) is 43.0 Å². The largest absolute Gasteiger partial charge is 0.357 e. The molecule has 3 heteroatoms. The van der Waals surface area contributed by atoms with E-state index in [4.69, 9.17) is 0 Å². The van der Waals surface area contributed by atoms with Crippen LogP contribution >= 0.6 is 0 Å². The fraction of sp³-hybridized carbons (Fsp3) is 0.526.